The molecule has 0 spiro atoms. The van der Waals surface area contributed by atoms with Crippen LogP contribution in [0.4, 0.5) is 5.69 Å². The van der Waals surface area contributed by atoms with Crippen LogP contribution in [0, 0.1) is 19.3 Å². The summed E-state index contributed by atoms with van der Waals surface area (Å²) >= 11 is 0. The Labute approximate surface area is 157 Å². The van der Waals surface area contributed by atoms with E-state index < -0.39 is 5.54 Å². The van der Waals surface area contributed by atoms with Gasteiger partial charge in [-0.15, -0.1) is 0 Å². The van der Waals surface area contributed by atoms with Gasteiger partial charge in [0.25, 0.3) is 0 Å². The van der Waals surface area contributed by atoms with Crippen molar-refractivity contribution >= 4 is 11.6 Å². The van der Waals surface area contributed by atoms with Crippen LogP contribution >= 0.6 is 0 Å². The molecule has 144 valence electrons. The van der Waals surface area contributed by atoms with Crippen LogP contribution in [0.1, 0.15) is 38.3 Å². The normalized spacial score (nSPS) is 28.0. The summed E-state index contributed by atoms with van der Waals surface area (Å²) in [5.74, 6) is 0.0825. The molecule has 5 nitrogen and oxygen atoms in total. The smallest absolute Gasteiger partial charge is 0.243 e. The second-order valence-corrected chi connectivity index (χ2v) is 8.34. The number of carbonyl (C=O) groups excluding carboxylic acids is 1. The molecule has 3 rings (SSSR count). The lowest BCUT2D eigenvalue weighted by molar-refractivity contribution is -0.179. The fourth-order valence-electron chi connectivity index (χ4n) is 4.31. The zero-order valence-electron chi connectivity index (χ0n) is 16.8. The van der Waals surface area contributed by atoms with E-state index in [2.05, 4.69) is 50.8 Å². The molecule has 1 saturated heterocycles. The molecule has 2 aliphatic rings. The Morgan fingerprint density at radius 1 is 1.23 bits per heavy atom. The van der Waals surface area contributed by atoms with Crippen molar-refractivity contribution in [2.75, 3.05) is 37.7 Å². The highest BCUT2D eigenvalue weighted by atomic mass is 16.5. The molecular formula is C21H33N3O2. The number of hydrogen-bond acceptors (Lipinski definition) is 4. The Kier molecular flexibility index (Phi) is 5.06. The van der Waals surface area contributed by atoms with Gasteiger partial charge in [0.05, 0.1) is 6.10 Å². The first kappa shape index (κ1) is 19.2. The van der Waals surface area contributed by atoms with E-state index in [9.17, 15) is 4.79 Å². The van der Waals surface area contributed by atoms with Crippen LogP contribution in [0.3, 0.4) is 0 Å². The highest BCUT2D eigenvalue weighted by Crippen LogP contribution is 2.50. The Hall–Kier alpha value is -1.59. The summed E-state index contributed by atoms with van der Waals surface area (Å²) in [4.78, 5) is 17.5. The summed E-state index contributed by atoms with van der Waals surface area (Å²) in [5, 5.41) is 0. The van der Waals surface area contributed by atoms with Crippen LogP contribution in [0.15, 0.2) is 18.2 Å². The minimum Gasteiger partial charge on any atom is -0.378 e. The zero-order chi connectivity index (χ0) is 19.1. The van der Waals surface area contributed by atoms with E-state index in [1.54, 1.807) is 0 Å². The van der Waals surface area contributed by atoms with Crippen LogP contribution in [0.25, 0.3) is 0 Å². The van der Waals surface area contributed by atoms with Gasteiger partial charge in [-0.1, -0.05) is 26.0 Å². The molecule has 1 aliphatic heterocycles. The van der Waals surface area contributed by atoms with Gasteiger partial charge < -0.3 is 20.3 Å². The summed E-state index contributed by atoms with van der Waals surface area (Å²) in [6.45, 7) is 14.2. The average Bonchev–Trinajstić information content (AvgIpc) is 2.63. The lowest BCUT2D eigenvalue weighted by atomic mass is 9.54. The van der Waals surface area contributed by atoms with Crippen LogP contribution in [-0.2, 0) is 9.53 Å². The van der Waals surface area contributed by atoms with Gasteiger partial charge in [-0.05, 0) is 38.0 Å². The van der Waals surface area contributed by atoms with Crippen molar-refractivity contribution in [3.05, 3.63) is 29.3 Å². The number of rotatable bonds is 4. The van der Waals surface area contributed by atoms with E-state index in [0.717, 1.165) is 26.2 Å². The van der Waals surface area contributed by atoms with E-state index in [-0.39, 0.29) is 17.4 Å². The quantitative estimate of drug-likeness (QED) is 0.897. The molecule has 2 atom stereocenters. The van der Waals surface area contributed by atoms with Crippen LogP contribution in [0.5, 0.6) is 0 Å². The second-order valence-electron chi connectivity index (χ2n) is 8.34. The summed E-state index contributed by atoms with van der Waals surface area (Å²) in [6, 6.07) is 6.42. The van der Waals surface area contributed by atoms with E-state index in [1.165, 1.54) is 16.8 Å². The van der Waals surface area contributed by atoms with Gasteiger partial charge in [-0.3, -0.25) is 4.79 Å². The van der Waals surface area contributed by atoms with Gasteiger partial charge in [0.1, 0.15) is 5.54 Å². The Bertz CT molecular complexity index is 680. The Balaban J connectivity index is 1.65. The lowest BCUT2D eigenvalue weighted by Gasteiger charge is -2.59. The first-order chi connectivity index (χ1) is 12.2. The van der Waals surface area contributed by atoms with E-state index in [0.29, 0.717) is 13.0 Å². The SMILES string of the molecule is CCOC1CC(N)(C(=O)N2CCN(c3cccc(C)c3C)CC2)C1(C)C. The third kappa shape index (κ3) is 2.91. The van der Waals surface area contributed by atoms with Crippen molar-refractivity contribution in [2.45, 2.75) is 52.7 Å². The number of nitrogens with zero attached hydrogens (tertiary/aromatic N) is 2. The standard InChI is InChI=1S/C21H33N3O2/c1-6-26-18-14-21(22,20(18,4)5)19(25)24-12-10-23(11-13-24)17-9-7-8-15(2)16(17)3/h7-9,18H,6,10-14,22H2,1-5H3. The zero-order valence-corrected chi connectivity index (χ0v) is 16.8. The van der Waals surface area contributed by atoms with E-state index >= 15 is 0 Å². The van der Waals surface area contributed by atoms with Crippen molar-refractivity contribution in [1.82, 2.24) is 4.90 Å². The van der Waals surface area contributed by atoms with Gasteiger partial charge in [0.15, 0.2) is 0 Å². The molecule has 1 amide bonds. The fraction of sp³-hybridized carbons (Fsp3) is 0.667. The van der Waals surface area contributed by atoms with Gasteiger partial charge in [0, 0.05) is 50.3 Å². The highest BCUT2D eigenvalue weighted by Gasteiger charge is 2.63. The molecule has 1 saturated carbocycles. The van der Waals surface area contributed by atoms with Crippen LogP contribution in [0.2, 0.25) is 0 Å². The maximum atomic E-state index is 13.2. The molecule has 2 N–H and O–H groups in total. The molecule has 0 bridgehead atoms. The van der Waals surface area contributed by atoms with Gasteiger partial charge in [-0.2, -0.15) is 0 Å². The fourth-order valence-corrected chi connectivity index (χ4v) is 4.31. The number of carbonyl (C=O) groups is 1. The molecule has 0 radical (unpaired) electrons. The average molecular weight is 360 g/mol. The van der Waals surface area contributed by atoms with Crippen molar-refractivity contribution in [2.24, 2.45) is 11.1 Å². The molecule has 0 aromatic heterocycles. The maximum Gasteiger partial charge on any atom is 0.243 e. The van der Waals surface area contributed by atoms with Crippen molar-refractivity contribution in [1.29, 1.82) is 0 Å². The van der Waals surface area contributed by atoms with Gasteiger partial charge in [0.2, 0.25) is 5.91 Å². The number of aryl methyl sites for hydroxylation is 1. The number of piperazine rings is 1. The van der Waals surface area contributed by atoms with Gasteiger partial charge >= 0.3 is 0 Å². The number of amides is 1. The lowest BCUT2D eigenvalue weighted by Crippen LogP contribution is -2.76. The Morgan fingerprint density at radius 3 is 2.46 bits per heavy atom. The molecular weight excluding hydrogens is 326 g/mol. The van der Waals surface area contributed by atoms with Crippen LogP contribution in [-0.4, -0.2) is 55.2 Å². The van der Waals surface area contributed by atoms with Crippen molar-refractivity contribution < 1.29 is 9.53 Å². The summed E-state index contributed by atoms with van der Waals surface area (Å²) < 4.78 is 5.77. The molecule has 2 unspecified atom stereocenters. The number of anilines is 1. The predicted octanol–water partition coefficient (Wildman–Crippen LogP) is 2.48. The minimum absolute atomic E-state index is 0.0673. The number of ether oxygens (including phenoxy) is 1. The molecule has 26 heavy (non-hydrogen) atoms. The van der Waals surface area contributed by atoms with Crippen molar-refractivity contribution in [3.8, 4) is 0 Å². The van der Waals surface area contributed by atoms with Crippen LogP contribution < -0.4 is 10.6 Å². The minimum atomic E-state index is -0.811. The third-order valence-electron chi connectivity index (χ3n) is 6.70. The molecule has 2 fully saturated rings. The molecule has 5 heteroatoms. The monoisotopic (exact) mass is 359 g/mol. The number of hydrogen-bond donors (Lipinski definition) is 1. The van der Waals surface area contributed by atoms with Gasteiger partial charge in [-0.25, -0.2) is 0 Å². The largest absolute Gasteiger partial charge is 0.378 e. The molecule has 1 heterocycles. The molecule has 1 aromatic rings. The summed E-state index contributed by atoms with van der Waals surface area (Å²) in [6.07, 6.45) is 0.682. The first-order valence-electron chi connectivity index (χ1n) is 9.73. The van der Waals surface area contributed by atoms with E-state index in [1.807, 2.05) is 11.8 Å². The molecule has 1 aliphatic carbocycles. The highest BCUT2D eigenvalue weighted by molar-refractivity contribution is 5.89. The number of nitrogens with two attached hydrogens (primary N) is 1. The first-order valence-corrected chi connectivity index (χ1v) is 9.73. The van der Waals surface area contributed by atoms with E-state index in [4.69, 9.17) is 10.5 Å². The second kappa shape index (κ2) is 6.86. The third-order valence-corrected chi connectivity index (χ3v) is 6.70. The summed E-state index contributed by atoms with van der Waals surface area (Å²) in [7, 11) is 0. The number of benzene rings is 1. The Morgan fingerprint density at radius 2 is 1.88 bits per heavy atom. The topological polar surface area (TPSA) is 58.8 Å². The van der Waals surface area contributed by atoms with Crippen molar-refractivity contribution in [3.63, 3.8) is 0 Å². The molecule has 1 aromatic carbocycles. The predicted molar refractivity (Wildman–Crippen MR) is 105 cm³/mol. The maximum absolute atomic E-state index is 13.2. The summed E-state index contributed by atoms with van der Waals surface area (Å²) in [5.41, 5.74) is 9.35.